The van der Waals surface area contributed by atoms with Crippen molar-refractivity contribution in [1.82, 2.24) is 0 Å². The smallest absolute Gasteiger partial charge is 0.302 e. The summed E-state index contributed by atoms with van der Waals surface area (Å²) in [5, 5.41) is 0. The number of ketones is 1. The zero-order valence-corrected chi connectivity index (χ0v) is 29.2. The van der Waals surface area contributed by atoms with Crippen LogP contribution >= 0.6 is 11.8 Å². The quantitative estimate of drug-likeness (QED) is 0.268. The van der Waals surface area contributed by atoms with Gasteiger partial charge in [0.15, 0.2) is 6.29 Å². The Morgan fingerprint density at radius 2 is 0.846 bits per heavy atom. The molecule has 1 heterocycles. The van der Waals surface area contributed by atoms with Gasteiger partial charge in [-0.05, 0) is 45.1 Å². The van der Waals surface area contributed by atoms with Crippen molar-refractivity contribution in [3.63, 3.8) is 0 Å². The van der Waals surface area contributed by atoms with E-state index in [-0.39, 0.29) is 24.0 Å². The molecule has 8 nitrogen and oxygen atoms in total. The third-order valence-corrected chi connectivity index (χ3v) is 4.11. The molecular weight excluding hydrogens is 520 g/mol. The molecule has 2 rings (SSSR count). The van der Waals surface area contributed by atoms with Crippen LogP contribution in [-0.4, -0.2) is 78.2 Å². The number of ether oxygens (including phenoxy) is 5. The van der Waals surface area contributed by atoms with Gasteiger partial charge in [-0.25, -0.2) is 0 Å². The highest BCUT2D eigenvalue weighted by molar-refractivity contribution is 7.97. The molecule has 1 saturated heterocycles. The van der Waals surface area contributed by atoms with Gasteiger partial charge in [0.1, 0.15) is 5.78 Å². The first-order valence-corrected chi connectivity index (χ1v) is 15.3. The second-order valence-electron chi connectivity index (χ2n) is 9.53. The van der Waals surface area contributed by atoms with Gasteiger partial charge >= 0.3 is 11.9 Å². The van der Waals surface area contributed by atoms with E-state index in [4.69, 9.17) is 9.47 Å². The van der Waals surface area contributed by atoms with E-state index in [2.05, 4.69) is 48.8 Å². The topological polar surface area (TPSA) is 97.4 Å². The molecule has 0 aromatic rings. The van der Waals surface area contributed by atoms with Crippen LogP contribution in [0.25, 0.3) is 0 Å². The van der Waals surface area contributed by atoms with Gasteiger partial charge < -0.3 is 28.5 Å². The normalized spacial score (nSPS) is 20.1. The predicted octanol–water partition coefficient (Wildman–Crippen LogP) is 7.46. The number of rotatable bonds is 0. The summed E-state index contributed by atoms with van der Waals surface area (Å²) in [4.78, 5) is 28.6. The van der Waals surface area contributed by atoms with Gasteiger partial charge in [0.25, 0.3) is 0 Å². The molecule has 1 aliphatic heterocycles. The van der Waals surface area contributed by atoms with E-state index in [1.54, 1.807) is 26.0 Å². The van der Waals surface area contributed by atoms with Crippen molar-refractivity contribution in [3.05, 3.63) is 0 Å². The molecule has 0 amide bonds. The second kappa shape index (κ2) is 43.9. The number of hydrogen-bond donors (Lipinski definition) is 0. The number of thioether (sulfide) groups is 1. The Balaban J connectivity index is -0.0000000828. The van der Waals surface area contributed by atoms with Crippen LogP contribution < -0.4 is 0 Å². The second-order valence-corrected chi connectivity index (χ2v) is 10.3. The van der Waals surface area contributed by atoms with Gasteiger partial charge in [0.05, 0.1) is 27.4 Å². The highest BCUT2D eigenvalue weighted by atomic mass is 32.2. The van der Waals surface area contributed by atoms with Gasteiger partial charge in [-0.15, -0.1) is 0 Å². The van der Waals surface area contributed by atoms with Crippen LogP contribution in [0.2, 0.25) is 0 Å². The number of esters is 2. The maximum Gasteiger partial charge on any atom is 0.302 e. The molecule has 240 valence electrons. The van der Waals surface area contributed by atoms with Crippen LogP contribution in [0.1, 0.15) is 101 Å². The van der Waals surface area contributed by atoms with Crippen molar-refractivity contribution in [1.29, 1.82) is 0 Å². The molecule has 0 N–H and O–H groups in total. The number of Topliss-reactive ketones (excluding diaryl/α,β-unsaturated/α-hetero) is 1. The zero-order chi connectivity index (χ0) is 32.2. The van der Waals surface area contributed by atoms with Crippen molar-refractivity contribution < 1.29 is 38.1 Å². The fourth-order valence-electron chi connectivity index (χ4n) is 2.12. The van der Waals surface area contributed by atoms with Crippen LogP contribution in [-0.2, 0) is 38.1 Å². The lowest BCUT2D eigenvalue weighted by Crippen LogP contribution is -2.27. The molecule has 0 aromatic heterocycles. The molecule has 2 fully saturated rings. The number of hydrogen-bond acceptors (Lipinski definition) is 9. The number of carbonyl (C=O) groups is 3. The summed E-state index contributed by atoms with van der Waals surface area (Å²) in [6, 6.07) is 0. The lowest BCUT2D eigenvalue weighted by Gasteiger charge is -2.24. The van der Waals surface area contributed by atoms with E-state index < -0.39 is 0 Å². The first-order valence-electron chi connectivity index (χ1n) is 13.7. The molecule has 9 heteroatoms. The Morgan fingerprint density at radius 1 is 0.667 bits per heavy atom. The number of methoxy groups -OCH3 is 3. The Bertz CT molecular complexity index is 411. The molecule has 0 bridgehead atoms. The van der Waals surface area contributed by atoms with Crippen LogP contribution in [0.4, 0.5) is 0 Å². The lowest BCUT2D eigenvalue weighted by atomic mass is 9.84. The van der Waals surface area contributed by atoms with Gasteiger partial charge in [-0.3, -0.25) is 9.59 Å². The zero-order valence-electron chi connectivity index (χ0n) is 28.4. The predicted molar refractivity (Wildman–Crippen MR) is 167 cm³/mol. The summed E-state index contributed by atoms with van der Waals surface area (Å²) >= 11 is 1.75. The first-order chi connectivity index (χ1) is 18.1. The average Bonchev–Trinajstić information content (AvgIpc) is 2.85. The van der Waals surface area contributed by atoms with Crippen molar-refractivity contribution in [2.75, 3.05) is 54.2 Å². The molecule has 0 spiro atoms. The summed E-state index contributed by atoms with van der Waals surface area (Å²) in [5.41, 5.74) is 0. The van der Waals surface area contributed by atoms with Gasteiger partial charge in [0, 0.05) is 34.0 Å². The van der Waals surface area contributed by atoms with E-state index >= 15 is 0 Å². The summed E-state index contributed by atoms with van der Waals surface area (Å²) in [6.45, 7) is 20.5. The molecule has 0 unspecified atom stereocenters. The standard InChI is InChI=1S/C8H16.C6H12O2.2C3H6O2.C3H6O.C3H8.C2H6O.C2H6S/c1-7-3-5-8(2)6-4-7;1-5-3-7-6(2)8-4-5;2*1-3(4)5-2;1-3(2)4;3*1-3-2/h7-8H,3-6H2,1-2H3;5-6H,3-4H2,1-2H3;2*1-2H3;1-2H3;3H2,1-2H3;2*1-2H3. The minimum atomic E-state index is -0.245. The van der Waals surface area contributed by atoms with Gasteiger partial charge in [0.2, 0.25) is 0 Å². The Kier molecular flexibility index (Phi) is 57.0. The fourth-order valence-corrected chi connectivity index (χ4v) is 2.12. The van der Waals surface area contributed by atoms with E-state index in [1.807, 2.05) is 19.4 Å². The third kappa shape index (κ3) is 85.7. The Morgan fingerprint density at radius 3 is 0.974 bits per heavy atom. The maximum atomic E-state index is 9.59. The highest BCUT2D eigenvalue weighted by Gasteiger charge is 2.14. The minimum absolute atomic E-state index is 0.0196. The van der Waals surface area contributed by atoms with Crippen LogP contribution in [0.15, 0.2) is 0 Å². The van der Waals surface area contributed by atoms with E-state index in [0.717, 1.165) is 25.0 Å². The largest absolute Gasteiger partial charge is 0.469 e. The highest BCUT2D eigenvalue weighted by Crippen LogP contribution is 2.27. The van der Waals surface area contributed by atoms with Crippen LogP contribution in [0.3, 0.4) is 0 Å². The van der Waals surface area contributed by atoms with Gasteiger partial charge in [-0.2, -0.15) is 11.8 Å². The molecule has 0 aromatic carbocycles. The van der Waals surface area contributed by atoms with Gasteiger partial charge in [-0.1, -0.05) is 66.7 Å². The Hall–Kier alpha value is -1.16. The fraction of sp³-hybridized carbons (Fsp3) is 0.900. The summed E-state index contributed by atoms with van der Waals surface area (Å²) in [7, 11) is 5.95. The van der Waals surface area contributed by atoms with Crippen LogP contribution in [0, 0.1) is 17.8 Å². The summed E-state index contributed by atoms with van der Waals surface area (Å²) in [6.07, 6.45) is 11.2. The molecule has 2 aliphatic rings. The van der Waals surface area contributed by atoms with Crippen LogP contribution in [0.5, 0.6) is 0 Å². The van der Waals surface area contributed by atoms with Crippen molar-refractivity contribution >= 4 is 29.5 Å². The SMILES string of the molecule is CC(C)=O.CC1CCC(C)CC1.CC1COC(C)OC1.CCC.COC.COC(C)=O.COC(C)=O.CSC. The summed E-state index contributed by atoms with van der Waals surface area (Å²) < 4.78 is 22.8. The molecule has 0 atom stereocenters. The molecule has 1 aliphatic carbocycles. The molecular formula is C30H66O8S. The van der Waals surface area contributed by atoms with Crippen molar-refractivity contribution in [2.24, 2.45) is 17.8 Å². The maximum absolute atomic E-state index is 9.59. The summed E-state index contributed by atoms with van der Waals surface area (Å²) in [5.74, 6) is 2.29. The lowest BCUT2D eigenvalue weighted by molar-refractivity contribution is -0.187. The minimum Gasteiger partial charge on any atom is -0.469 e. The van der Waals surface area contributed by atoms with Crippen molar-refractivity contribution in [3.8, 4) is 0 Å². The molecule has 39 heavy (non-hydrogen) atoms. The van der Waals surface area contributed by atoms with Crippen molar-refractivity contribution in [2.45, 2.75) is 108 Å². The number of carbonyl (C=O) groups excluding carboxylic acids is 3. The Labute approximate surface area is 247 Å². The van der Waals surface area contributed by atoms with E-state index in [9.17, 15) is 14.4 Å². The average molecular weight is 587 g/mol. The third-order valence-electron chi connectivity index (χ3n) is 4.11. The molecule has 1 saturated carbocycles. The van der Waals surface area contributed by atoms with E-state index in [0.29, 0.717) is 5.92 Å². The van der Waals surface area contributed by atoms with E-state index in [1.165, 1.54) is 74.0 Å². The first kappa shape index (κ1) is 50.7. The molecule has 0 radical (unpaired) electrons. The monoisotopic (exact) mass is 586 g/mol.